The summed E-state index contributed by atoms with van der Waals surface area (Å²) in [5.74, 6) is 3.95. The van der Waals surface area contributed by atoms with Crippen molar-refractivity contribution in [3.8, 4) is 0 Å². The molecule has 2 N–H and O–H groups in total. The summed E-state index contributed by atoms with van der Waals surface area (Å²) in [6.07, 6.45) is 13.8. The summed E-state index contributed by atoms with van der Waals surface area (Å²) in [4.78, 5) is 0. The second-order valence-corrected chi connectivity index (χ2v) is 11.4. The van der Waals surface area contributed by atoms with Gasteiger partial charge in [-0.1, -0.05) is 71.8 Å². The Morgan fingerprint density at radius 2 is 1.83 bits per heavy atom. The first-order chi connectivity index (χ1) is 14.1. The van der Waals surface area contributed by atoms with E-state index in [-0.39, 0.29) is 0 Å². The summed E-state index contributed by atoms with van der Waals surface area (Å²) in [5.41, 5.74) is 3.87. The molecule has 3 rings (SSSR count). The van der Waals surface area contributed by atoms with E-state index in [4.69, 9.17) is 0 Å². The highest BCUT2D eigenvalue weighted by molar-refractivity contribution is 5.38. The molecular formula is C28H46O2. The standard InChI is InChI=1S/C28H46O2/c1-18(2)19(3)9-10-20(4)25-13-14-26-22(8-7-15-28(25,26)6)11-12-23-16-24(29)17-27(30)21(23)5/h11-12,18-20,24-27,29-30H,5,7-10,13-17H2,1-4,6H3/b22-11+,23-12-/t19-,20+,24+,25+,26-,27-,28+/m0/s1. The van der Waals surface area contributed by atoms with E-state index in [0.29, 0.717) is 24.2 Å². The number of aliphatic hydroxyl groups is 2. The molecule has 30 heavy (non-hydrogen) atoms. The van der Waals surface area contributed by atoms with E-state index in [1.165, 1.54) is 44.9 Å². The van der Waals surface area contributed by atoms with E-state index in [2.05, 4.69) is 53.3 Å². The first kappa shape index (κ1) is 23.8. The highest BCUT2D eigenvalue weighted by Crippen LogP contribution is 2.60. The molecule has 0 spiro atoms. The molecule has 2 nitrogen and oxygen atoms in total. The molecule has 3 aliphatic carbocycles. The lowest BCUT2D eigenvalue weighted by atomic mass is 9.60. The van der Waals surface area contributed by atoms with E-state index < -0.39 is 12.2 Å². The third-order valence-corrected chi connectivity index (χ3v) is 9.20. The van der Waals surface area contributed by atoms with Crippen molar-refractivity contribution < 1.29 is 10.2 Å². The van der Waals surface area contributed by atoms with Crippen molar-refractivity contribution in [3.05, 3.63) is 35.5 Å². The summed E-state index contributed by atoms with van der Waals surface area (Å²) in [5, 5.41) is 20.2. The van der Waals surface area contributed by atoms with Gasteiger partial charge in [0.1, 0.15) is 0 Å². The average molecular weight is 415 g/mol. The summed E-state index contributed by atoms with van der Waals surface area (Å²) in [6.45, 7) is 16.3. The smallest absolute Gasteiger partial charge is 0.0811 e. The summed E-state index contributed by atoms with van der Waals surface area (Å²) in [6, 6.07) is 0. The lowest BCUT2D eigenvalue weighted by Crippen LogP contribution is -2.36. The Hall–Kier alpha value is -0.860. The Bertz CT molecular complexity index is 672. The van der Waals surface area contributed by atoms with E-state index in [1.807, 2.05) is 0 Å². The number of allylic oxidation sites excluding steroid dienone is 3. The van der Waals surface area contributed by atoms with Gasteiger partial charge in [-0.2, -0.15) is 0 Å². The largest absolute Gasteiger partial charge is 0.393 e. The van der Waals surface area contributed by atoms with Crippen molar-refractivity contribution >= 4 is 0 Å². The van der Waals surface area contributed by atoms with E-state index in [9.17, 15) is 10.2 Å². The molecule has 7 atom stereocenters. The number of hydrogen-bond donors (Lipinski definition) is 2. The summed E-state index contributed by atoms with van der Waals surface area (Å²) < 4.78 is 0. The van der Waals surface area contributed by atoms with E-state index >= 15 is 0 Å². The van der Waals surface area contributed by atoms with Crippen LogP contribution in [0.15, 0.2) is 35.5 Å². The lowest BCUT2D eigenvalue weighted by Gasteiger charge is -2.44. The van der Waals surface area contributed by atoms with Crippen LogP contribution in [0.2, 0.25) is 0 Å². The Balaban J connectivity index is 1.72. The Labute approximate surface area is 185 Å². The zero-order valence-corrected chi connectivity index (χ0v) is 20.2. The van der Waals surface area contributed by atoms with Crippen LogP contribution in [0.3, 0.4) is 0 Å². The quantitative estimate of drug-likeness (QED) is 0.500. The van der Waals surface area contributed by atoms with Gasteiger partial charge < -0.3 is 10.2 Å². The molecule has 0 aromatic carbocycles. The van der Waals surface area contributed by atoms with Crippen molar-refractivity contribution in [1.29, 1.82) is 0 Å². The van der Waals surface area contributed by atoms with Crippen LogP contribution >= 0.6 is 0 Å². The predicted octanol–water partition coefficient (Wildman–Crippen LogP) is 6.84. The molecule has 3 saturated carbocycles. The van der Waals surface area contributed by atoms with Gasteiger partial charge in [-0.15, -0.1) is 0 Å². The predicted molar refractivity (Wildman–Crippen MR) is 127 cm³/mol. The van der Waals surface area contributed by atoms with Gasteiger partial charge in [-0.05, 0) is 84.7 Å². The zero-order valence-electron chi connectivity index (χ0n) is 20.2. The van der Waals surface area contributed by atoms with Crippen molar-refractivity contribution in [2.45, 2.75) is 105 Å². The average Bonchev–Trinajstić information content (AvgIpc) is 3.04. The molecule has 2 heteroatoms. The first-order valence-electron chi connectivity index (χ1n) is 12.6. The molecule has 0 bridgehead atoms. The monoisotopic (exact) mass is 414 g/mol. The molecular weight excluding hydrogens is 368 g/mol. The van der Waals surface area contributed by atoms with E-state index in [0.717, 1.165) is 34.8 Å². The minimum absolute atomic E-state index is 0.419. The van der Waals surface area contributed by atoms with Gasteiger partial charge in [0.2, 0.25) is 0 Å². The lowest BCUT2D eigenvalue weighted by molar-refractivity contribution is 0.0861. The fourth-order valence-electron chi connectivity index (χ4n) is 6.74. The van der Waals surface area contributed by atoms with Crippen LogP contribution in [0, 0.1) is 35.0 Å². The maximum Gasteiger partial charge on any atom is 0.0811 e. The maximum atomic E-state index is 10.1. The molecule has 0 heterocycles. The van der Waals surface area contributed by atoms with Crippen LogP contribution in [-0.4, -0.2) is 22.4 Å². The van der Waals surface area contributed by atoms with Crippen LogP contribution in [0.5, 0.6) is 0 Å². The Morgan fingerprint density at radius 3 is 2.53 bits per heavy atom. The summed E-state index contributed by atoms with van der Waals surface area (Å²) in [7, 11) is 0. The van der Waals surface area contributed by atoms with Crippen molar-refractivity contribution in [1.82, 2.24) is 0 Å². The van der Waals surface area contributed by atoms with Gasteiger partial charge in [0.15, 0.2) is 0 Å². The van der Waals surface area contributed by atoms with Crippen LogP contribution in [-0.2, 0) is 0 Å². The second-order valence-electron chi connectivity index (χ2n) is 11.4. The van der Waals surface area contributed by atoms with Gasteiger partial charge in [-0.3, -0.25) is 0 Å². The molecule has 0 amide bonds. The SMILES string of the molecule is C=C1/C(=C\C=C2/CCC[C@]3(C)[C@@H]([C@H](C)CC[C@H](C)C(C)C)CC[C@@H]23)C[C@@H](O)C[C@@H]1O. The fraction of sp³-hybridized carbons (Fsp3) is 0.786. The topological polar surface area (TPSA) is 40.5 Å². The molecule has 0 aromatic rings. The first-order valence-corrected chi connectivity index (χ1v) is 12.6. The van der Waals surface area contributed by atoms with Gasteiger partial charge in [0.25, 0.3) is 0 Å². The Kier molecular flexibility index (Phi) is 7.72. The molecule has 170 valence electrons. The van der Waals surface area contributed by atoms with Gasteiger partial charge in [0.05, 0.1) is 12.2 Å². The summed E-state index contributed by atoms with van der Waals surface area (Å²) >= 11 is 0. The van der Waals surface area contributed by atoms with Crippen molar-refractivity contribution in [2.24, 2.45) is 35.0 Å². The van der Waals surface area contributed by atoms with Gasteiger partial charge in [-0.25, -0.2) is 0 Å². The van der Waals surface area contributed by atoms with E-state index in [1.54, 1.807) is 5.57 Å². The number of hydrogen-bond acceptors (Lipinski definition) is 2. The highest BCUT2D eigenvalue weighted by Gasteiger charge is 2.50. The second kappa shape index (κ2) is 9.74. The van der Waals surface area contributed by atoms with Crippen LogP contribution in [0.25, 0.3) is 0 Å². The maximum absolute atomic E-state index is 10.1. The number of fused-ring (bicyclic) bond motifs is 1. The van der Waals surface area contributed by atoms with Gasteiger partial charge >= 0.3 is 0 Å². The molecule has 0 unspecified atom stereocenters. The fourth-order valence-corrected chi connectivity index (χ4v) is 6.74. The van der Waals surface area contributed by atoms with Crippen molar-refractivity contribution in [2.75, 3.05) is 0 Å². The third kappa shape index (κ3) is 4.96. The molecule has 0 aliphatic heterocycles. The molecule has 0 saturated heterocycles. The minimum atomic E-state index is -0.597. The third-order valence-electron chi connectivity index (χ3n) is 9.20. The molecule has 3 fully saturated rings. The van der Waals surface area contributed by atoms with Crippen LogP contribution in [0.1, 0.15) is 92.4 Å². The normalized spacial score (nSPS) is 39.5. The van der Waals surface area contributed by atoms with Crippen LogP contribution in [0.4, 0.5) is 0 Å². The molecule has 0 aromatic heterocycles. The molecule has 3 aliphatic rings. The Morgan fingerprint density at radius 1 is 1.10 bits per heavy atom. The minimum Gasteiger partial charge on any atom is -0.393 e. The number of aliphatic hydroxyl groups excluding tert-OH is 2. The van der Waals surface area contributed by atoms with Crippen molar-refractivity contribution in [3.63, 3.8) is 0 Å². The highest BCUT2D eigenvalue weighted by atomic mass is 16.3. The zero-order chi connectivity index (χ0) is 22.1. The number of rotatable bonds is 6. The van der Waals surface area contributed by atoms with Gasteiger partial charge in [0, 0.05) is 6.42 Å². The van der Waals surface area contributed by atoms with Crippen LogP contribution < -0.4 is 0 Å². The molecule has 0 radical (unpaired) electrons.